The fraction of sp³-hybridized carbons (Fsp3) is 0.538. The van der Waals surface area contributed by atoms with Crippen molar-refractivity contribution in [1.82, 2.24) is 0 Å². The molecule has 0 amide bonds. The summed E-state index contributed by atoms with van der Waals surface area (Å²) in [5.74, 6) is 0.782. The highest BCUT2D eigenvalue weighted by atomic mass is 35.5. The van der Waals surface area contributed by atoms with Gasteiger partial charge in [-0.2, -0.15) is 0 Å². The first kappa shape index (κ1) is 11.7. The summed E-state index contributed by atoms with van der Waals surface area (Å²) in [4.78, 5) is 2.43. The van der Waals surface area contributed by atoms with Crippen LogP contribution in [0.5, 0.6) is 0 Å². The predicted octanol–water partition coefficient (Wildman–Crippen LogP) is 2.69. The summed E-state index contributed by atoms with van der Waals surface area (Å²) in [6.45, 7) is 5.27. The minimum absolute atomic E-state index is 0.692. The van der Waals surface area contributed by atoms with E-state index in [1.165, 1.54) is 17.7 Å². The third kappa shape index (κ3) is 2.50. The van der Waals surface area contributed by atoms with E-state index in [0.717, 1.165) is 30.5 Å². The second-order valence-corrected chi connectivity index (χ2v) is 5.09. The molecule has 2 nitrogen and oxygen atoms in total. The Morgan fingerprint density at radius 3 is 2.94 bits per heavy atom. The fourth-order valence-corrected chi connectivity index (χ4v) is 2.52. The molecule has 0 bridgehead atoms. The number of nitrogens with two attached hydrogens (primary N) is 1. The van der Waals surface area contributed by atoms with Crippen LogP contribution in [0.15, 0.2) is 18.2 Å². The lowest BCUT2D eigenvalue weighted by atomic mass is 10.1. The van der Waals surface area contributed by atoms with Crippen LogP contribution in [-0.4, -0.2) is 19.6 Å². The van der Waals surface area contributed by atoms with E-state index in [-0.39, 0.29) is 0 Å². The van der Waals surface area contributed by atoms with Crippen molar-refractivity contribution in [3.05, 3.63) is 28.8 Å². The molecule has 1 saturated heterocycles. The molecule has 0 radical (unpaired) electrons. The minimum atomic E-state index is 0.692. The molecule has 88 valence electrons. The van der Waals surface area contributed by atoms with Crippen LogP contribution in [0.2, 0.25) is 5.02 Å². The summed E-state index contributed by atoms with van der Waals surface area (Å²) in [7, 11) is 0. The number of hydrogen-bond donors (Lipinski definition) is 1. The maximum absolute atomic E-state index is 6.07. The van der Waals surface area contributed by atoms with Gasteiger partial charge in [0.15, 0.2) is 0 Å². The maximum atomic E-state index is 6.07. The van der Waals surface area contributed by atoms with Crippen LogP contribution < -0.4 is 10.6 Å². The van der Waals surface area contributed by atoms with Crippen molar-refractivity contribution in [2.75, 3.05) is 24.5 Å². The summed E-state index contributed by atoms with van der Waals surface area (Å²) < 4.78 is 0. The molecule has 16 heavy (non-hydrogen) atoms. The highest BCUT2D eigenvalue weighted by Crippen LogP contribution is 2.29. The summed E-state index contributed by atoms with van der Waals surface area (Å²) in [5.41, 5.74) is 8.24. The molecule has 1 aromatic rings. The molecular formula is C13H19ClN2. The van der Waals surface area contributed by atoms with Crippen molar-refractivity contribution < 1.29 is 0 Å². The second-order valence-electron chi connectivity index (χ2n) is 4.65. The van der Waals surface area contributed by atoms with E-state index in [2.05, 4.69) is 24.0 Å². The molecule has 1 aromatic carbocycles. The van der Waals surface area contributed by atoms with E-state index in [9.17, 15) is 0 Å². The van der Waals surface area contributed by atoms with Gasteiger partial charge < -0.3 is 10.6 Å². The average Bonchev–Trinajstić information content (AvgIpc) is 2.68. The smallest absolute Gasteiger partial charge is 0.0426 e. The normalized spacial score (nSPS) is 20.4. The zero-order chi connectivity index (χ0) is 11.5. The molecule has 2 N–H and O–H groups in total. The first-order chi connectivity index (χ1) is 7.70. The van der Waals surface area contributed by atoms with E-state index in [1.807, 2.05) is 6.07 Å². The van der Waals surface area contributed by atoms with Crippen molar-refractivity contribution in [1.29, 1.82) is 0 Å². The van der Waals surface area contributed by atoms with E-state index >= 15 is 0 Å². The molecule has 1 heterocycles. The van der Waals surface area contributed by atoms with Gasteiger partial charge in [0.2, 0.25) is 0 Å². The van der Waals surface area contributed by atoms with E-state index in [1.54, 1.807) is 0 Å². The first-order valence-electron chi connectivity index (χ1n) is 5.94. The maximum Gasteiger partial charge on any atom is 0.0426 e. The lowest BCUT2D eigenvalue weighted by Crippen LogP contribution is -2.21. The molecule has 2 rings (SSSR count). The molecule has 0 aliphatic carbocycles. The van der Waals surface area contributed by atoms with Crippen LogP contribution in [0.3, 0.4) is 0 Å². The van der Waals surface area contributed by atoms with Gasteiger partial charge in [-0.25, -0.2) is 0 Å². The number of hydrogen-bond acceptors (Lipinski definition) is 2. The Hall–Kier alpha value is -0.730. The fourth-order valence-electron chi connectivity index (χ4n) is 2.35. The Labute approximate surface area is 102 Å². The van der Waals surface area contributed by atoms with Crippen LogP contribution in [0, 0.1) is 5.92 Å². The van der Waals surface area contributed by atoms with Crippen LogP contribution in [0.25, 0.3) is 0 Å². The van der Waals surface area contributed by atoms with Crippen LogP contribution in [0.1, 0.15) is 18.9 Å². The van der Waals surface area contributed by atoms with Gasteiger partial charge in [-0.05, 0) is 43.0 Å². The molecule has 0 aromatic heterocycles. The van der Waals surface area contributed by atoms with Crippen LogP contribution in [0.4, 0.5) is 5.69 Å². The van der Waals surface area contributed by atoms with Gasteiger partial charge in [0.1, 0.15) is 0 Å². The SMILES string of the molecule is CC1CCN(c2cc(Cl)ccc2CCN)C1. The molecule has 1 fully saturated rings. The molecule has 1 aliphatic heterocycles. The van der Waals surface area contributed by atoms with Gasteiger partial charge in [-0.1, -0.05) is 24.6 Å². The largest absolute Gasteiger partial charge is 0.371 e. The predicted molar refractivity (Wildman–Crippen MR) is 70.2 cm³/mol. The quantitative estimate of drug-likeness (QED) is 0.878. The Bertz CT molecular complexity index is 365. The summed E-state index contributed by atoms with van der Waals surface area (Å²) >= 11 is 6.07. The lowest BCUT2D eigenvalue weighted by Gasteiger charge is -2.22. The topological polar surface area (TPSA) is 29.3 Å². The number of rotatable bonds is 3. The van der Waals surface area contributed by atoms with Crippen molar-refractivity contribution in [3.63, 3.8) is 0 Å². The van der Waals surface area contributed by atoms with Gasteiger partial charge >= 0.3 is 0 Å². The van der Waals surface area contributed by atoms with Crippen molar-refractivity contribution in [3.8, 4) is 0 Å². The van der Waals surface area contributed by atoms with Crippen LogP contribution >= 0.6 is 11.6 Å². The summed E-state index contributed by atoms with van der Waals surface area (Å²) in [6, 6.07) is 6.13. The average molecular weight is 239 g/mol. The van der Waals surface area contributed by atoms with E-state index < -0.39 is 0 Å². The zero-order valence-corrected chi connectivity index (χ0v) is 10.5. The molecule has 3 heteroatoms. The van der Waals surface area contributed by atoms with Gasteiger partial charge in [0.25, 0.3) is 0 Å². The number of benzene rings is 1. The van der Waals surface area contributed by atoms with Gasteiger partial charge in [0.05, 0.1) is 0 Å². The minimum Gasteiger partial charge on any atom is -0.371 e. The highest BCUT2D eigenvalue weighted by Gasteiger charge is 2.20. The monoisotopic (exact) mass is 238 g/mol. The van der Waals surface area contributed by atoms with E-state index in [4.69, 9.17) is 17.3 Å². The molecule has 0 spiro atoms. The summed E-state index contributed by atoms with van der Waals surface area (Å²) in [6.07, 6.45) is 2.20. The number of halogens is 1. The van der Waals surface area contributed by atoms with Crippen molar-refractivity contribution in [2.45, 2.75) is 19.8 Å². The Balaban J connectivity index is 2.26. The zero-order valence-electron chi connectivity index (χ0n) is 9.75. The Morgan fingerprint density at radius 2 is 2.31 bits per heavy atom. The molecule has 0 saturated carbocycles. The van der Waals surface area contributed by atoms with E-state index in [0.29, 0.717) is 6.54 Å². The third-order valence-corrected chi connectivity index (χ3v) is 3.46. The lowest BCUT2D eigenvalue weighted by molar-refractivity contribution is 0.659. The van der Waals surface area contributed by atoms with Crippen molar-refractivity contribution in [2.24, 2.45) is 11.7 Å². The molecule has 1 atom stereocenters. The molecule has 1 unspecified atom stereocenters. The van der Waals surface area contributed by atoms with Gasteiger partial charge in [-0.15, -0.1) is 0 Å². The van der Waals surface area contributed by atoms with Crippen LogP contribution in [-0.2, 0) is 6.42 Å². The number of nitrogens with zero attached hydrogens (tertiary/aromatic N) is 1. The summed E-state index contributed by atoms with van der Waals surface area (Å²) in [5, 5.41) is 0.815. The van der Waals surface area contributed by atoms with Crippen molar-refractivity contribution >= 4 is 17.3 Å². The van der Waals surface area contributed by atoms with Gasteiger partial charge in [-0.3, -0.25) is 0 Å². The Kier molecular flexibility index (Phi) is 3.72. The highest BCUT2D eigenvalue weighted by molar-refractivity contribution is 6.30. The number of anilines is 1. The Morgan fingerprint density at radius 1 is 1.50 bits per heavy atom. The third-order valence-electron chi connectivity index (χ3n) is 3.23. The first-order valence-corrected chi connectivity index (χ1v) is 6.32. The molecular weight excluding hydrogens is 220 g/mol. The molecule has 1 aliphatic rings. The standard InChI is InChI=1S/C13H19ClN2/c1-10-5-7-16(9-10)13-8-12(14)3-2-11(13)4-6-15/h2-3,8,10H,4-7,9,15H2,1H3. The second kappa shape index (κ2) is 5.07. The van der Waals surface area contributed by atoms with Gasteiger partial charge in [0, 0.05) is 23.8 Å².